The molecule has 0 aliphatic rings. The number of carbonyl (C=O) groups is 1. The summed E-state index contributed by atoms with van der Waals surface area (Å²) in [5.41, 5.74) is 0.791. The van der Waals surface area contributed by atoms with Crippen LogP contribution < -0.4 is 10.1 Å². The van der Waals surface area contributed by atoms with Crippen molar-refractivity contribution in [1.29, 1.82) is 5.26 Å². The SMILES string of the molecule is COc1ccc(CCNC(=O)/C(C#N)=C(/C)O)cc1. The van der Waals surface area contributed by atoms with Gasteiger partial charge < -0.3 is 15.2 Å². The quantitative estimate of drug-likeness (QED) is 0.479. The molecule has 5 nitrogen and oxygen atoms in total. The zero-order valence-electron chi connectivity index (χ0n) is 10.9. The fourth-order valence-corrected chi connectivity index (χ4v) is 1.50. The minimum Gasteiger partial charge on any atom is -0.511 e. The molecule has 0 saturated carbocycles. The van der Waals surface area contributed by atoms with Crippen LogP contribution in [0.4, 0.5) is 0 Å². The van der Waals surface area contributed by atoms with Gasteiger partial charge in [-0.15, -0.1) is 0 Å². The van der Waals surface area contributed by atoms with Gasteiger partial charge in [0, 0.05) is 6.54 Å². The molecule has 0 spiro atoms. The van der Waals surface area contributed by atoms with E-state index in [0.717, 1.165) is 11.3 Å². The van der Waals surface area contributed by atoms with Crippen LogP contribution in [0.3, 0.4) is 0 Å². The fraction of sp³-hybridized carbons (Fsp3) is 0.286. The van der Waals surface area contributed by atoms with E-state index < -0.39 is 5.91 Å². The van der Waals surface area contributed by atoms with Crippen molar-refractivity contribution in [3.05, 3.63) is 41.2 Å². The zero-order valence-corrected chi connectivity index (χ0v) is 10.9. The summed E-state index contributed by atoms with van der Waals surface area (Å²) < 4.78 is 5.04. The molecule has 0 aromatic heterocycles. The molecule has 0 saturated heterocycles. The van der Waals surface area contributed by atoms with Crippen molar-refractivity contribution < 1.29 is 14.6 Å². The van der Waals surface area contributed by atoms with Gasteiger partial charge in [0.1, 0.15) is 17.6 Å². The summed E-state index contributed by atoms with van der Waals surface area (Å²) in [5.74, 6) is -0.0566. The lowest BCUT2D eigenvalue weighted by atomic mass is 10.1. The van der Waals surface area contributed by atoms with E-state index in [9.17, 15) is 4.79 Å². The standard InChI is InChI=1S/C14H16N2O3/c1-10(17)13(9-15)14(18)16-8-7-11-3-5-12(19-2)6-4-11/h3-6,17H,7-8H2,1-2H3,(H,16,18)/b13-10-. The Balaban J connectivity index is 2.48. The van der Waals surface area contributed by atoms with Crippen molar-refractivity contribution in [3.63, 3.8) is 0 Å². The van der Waals surface area contributed by atoms with Crippen molar-refractivity contribution in [2.45, 2.75) is 13.3 Å². The maximum absolute atomic E-state index is 11.5. The Morgan fingerprint density at radius 1 is 1.42 bits per heavy atom. The second kappa shape index (κ2) is 7.07. The molecular formula is C14H16N2O3. The van der Waals surface area contributed by atoms with Gasteiger partial charge in [0.15, 0.2) is 5.57 Å². The molecule has 0 aliphatic heterocycles. The average Bonchev–Trinajstić information content (AvgIpc) is 2.40. The predicted molar refractivity (Wildman–Crippen MR) is 70.6 cm³/mol. The van der Waals surface area contributed by atoms with Crippen LogP contribution >= 0.6 is 0 Å². The number of amides is 1. The van der Waals surface area contributed by atoms with Gasteiger partial charge in [-0.2, -0.15) is 5.26 Å². The van der Waals surface area contributed by atoms with Gasteiger partial charge in [0.25, 0.3) is 5.91 Å². The van der Waals surface area contributed by atoms with Gasteiger partial charge in [0.2, 0.25) is 0 Å². The molecule has 19 heavy (non-hydrogen) atoms. The van der Waals surface area contributed by atoms with Gasteiger partial charge in [0.05, 0.1) is 7.11 Å². The third-order valence-electron chi connectivity index (χ3n) is 2.56. The molecule has 0 fully saturated rings. The van der Waals surface area contributed by atoms with Crippen LogP contribution in [-0.4, -0.2) is 24.7 Å². The second-order valence-electron chi connectivity index (χ2n) is 3.93. The highest BCUT2D eigenvalue weighted by Gasteiger charge is 2.11. The van der Waals surface area contributed by atoms with Crippen LogP contribution in [0.2, 0.25) is 0 Å². The van der Waals surface area contributed by atoms with Crippen LogP contribution in [0.15, 0.2) is 35.6 Å². The second-order valence-corrected chi connectivity index (χ2v) is 3.93. The van der Waals surface area contributed by atoms with E-state index in [-0.39, 0.29) is 11.3 Å². The minimum atomic E-state index is -0.559. The van der Waals surface area contributed by atoms with Crippen LogP contribution in [0.25, 0.3) is 0 Å². The molecule has 0 heterocycles. The lowest BCUT2D eigenvalue weighted by Crippen LogP contribution is -2.27. The van der Waals surface area contributed by atoms with Gasteiger partial charge >= 0.3 is 0 Å². The van der Waals surface area contributed by atoms with Gasteiger partial charge in [-0.25, -0.2) is 0 Å². The largest absolute Gasteiger partial charge is 0.511 e. The van der Waals surface area contributed by atoms with Crippen molar-refractivity contribution >= 4 is 5.91 Å². The van der Waals surface area contributed by atoms with Crippen molar-refractivity contribution in [2.24, 2.45) is 0 Å². The molecule has 0 bridgehead atoms. The summed E-state index contributed by atoms with van der Waals surface area (Å²) in [4.78, 5) is 11.5. The van der Waals surface area contributed by atoms with Crippen LogP contribution in [-0.2, 0) is 11.2 Å². The normalized spacial score (nSPS) is 11.2. The molecule has 2 N–H and O–H groups in total. The number of ether oxygens (including phenoxy) is 1. The summed E-state index contributed by atoms with van der Waals surface area (Å²) in [6, 6.07) is 9.16. The van der Waals surface area contributed by atoms with E-state index in [1.54, 1.807) is 13.2 Å². The number of nitrogens with one attached hydrogen (secondary N) is 1. The van der Waals surface area contributed by atoms with E-state index in [1.165, 1.54) is 6.92 Å². The Bertz CT molecular complexity index is 508. The minimum absolute atomic E-state index is 0.255. The van der Waals surface area contributed by atoms with Crippen molar-refractivity contribution in [3.8, 4) is 11.8 Å². The Labute approximate surface area is 112 Å². The van der Waals surface area contributed by atoms with Gasteiger partial charge in [-0.1, -0.05) is 12.1 Å². The highest BCUT2D eigenvalue weighted by atomic mass is 16.5. The molecule has 5 heteroatoms. The molecule has 100 valence electrons. The first-order valence-corrected chi connectivity index (χ1v) is 5.79. The first-order valence-electron chi connectivity index (χ1n) is 5.79. The Morgan fingerprint density at radius 3 is 2.53 bits per heavy atom. The Hall–Kier alpha value is -2.48. The smallest absolute Gasteiger partial charge is 0.265 e. The molecule has 1 amide bonds. The summed E-state index contributed by atoms with van der Waals surface area (Å²) in [6.45, 7) is 1.70. The lowest BCUT2D eigenvalue weighted by Gasteiger charge is -2.06. The monoisotopic (exact) mass is 260 g/mol. The number of nitrogens with zero attached hydrogens (tertiary/aromatic N) is 1. The van der Waals surface area contributed by atoms with Crippen molar-refractivity contribution in [1.82, 2.24) is 5.32 Å². The van der Waals surface area contributed by atoms with Gasteiger partial charge in [-0.05, 0) is 31.0 Å². The topological polar surface area (TPSA) is 82.3 Å². The number of hydrogen-bond acceptors (Lipinski definition) is 4. The highest BCUT2D eigenvalue weighted by Crippen LogP contribution is 2.11. The highest BCUT2D eigenvalue weighted by molar-refractivity contribution is 5.97. The molecular weight excluding hydrogens is 244 g/mol. The average molecular weight is 260 g/mol. The number of nitriles is 1. The molecule has 0 atom stereocenters. The number of methoxy groups -OCH3 is 1. The summed E-state index contributed by atoms with van der Waals surface area (Å²) >= 11 is 0. The van der Waals surface area contributed by atoms with E-state index in [1.807, 2.05) is 24.3 Å². The fourth-order valence-electron chi connectivity index (χ4n) is 1.50. The predicted octanol–water partition coefficient (Wildman–Crippen LogP) is 1.71. The van der Waals surface area contributed by atoms with Gasteiger partial charge in [-0.3, -0.25) is 4.79 Å². The molecule has 1 aromatic rings. The third-order valence-corrected chi connectivity index (χ3v) is 2.56. The molecule has 1 aromatic carbocycles. The van der Waals surface area contributed by atoms with Crippen LogP contribution in [0.5, 0.6) is 5.75 Å². The first-order chi connectivity index (χ1) is 9.08. The number of aliphatic hydroxyl groups is 1. The van der Waals surface area contributed by atoms with E-state index in [0.29, 0.717) is 13.0 Å². The van der Waals surface area contributed by atoms with E-state index >= 15 is 0 Å². The molecule has 0 aliphatic carbocycles. The lowest BCUT2D eigenvalue weighted by molar-refractivity contribution is -0.117. The Kier molecular flexibility index (Phi) is 5.42. The maximum Gasteiger partial charge on any atom is 0.265 e. The number of carbonyl (C=O) groups excluding carboxylic acids is 1. The molecule has 1 rings (SSSR count). The Morgan fingerprint density at radius 2 is 2.05 bits per heavy atom. The molecule has 0 radical (unpaired) electrons. The molecule has 0 unspecified atom stereocenters. The number of hydrogen-bond donors (Lipinski definition) is 2. The summed E-state index contributed by atoms with van der Waals surface area (Å²) in [7, 11) is 1.60. The van der Waals surface area contributed by atoms with E-state index in [4.69, 9.17) is 15.1 Å². The summed E-state index contributed by atoms with van der Waals surface area (Å²) in [6.07, 6.45) is 0.638. The number of aliphatic hydroxyl groups excluding tert-OH is 1. The first kappa shape index (κ1) is 14.6. The number of allylic oxidation sites excluding steroid dienone is 1. The van der Waals surface area contributed by atoms with Crippen LogP contribution in [0, 0.1) is 11.3 Å². The zero-order chi connectivity index (χ0) is 14.3. The van der Waals surface area contributed by atoms with E-state index in [2.05, 4.69) is 5.32 Å². The number of rotatable bonds is 5. The number of benzene rings is 1. The third kappa shape index (κ3) is 4.36. The maximum atomic E-state index is 11.5. The van der Waals surface area contributed by atoms with Crippen LogP contribution in [0.1, 0.15) is 12.5 Å². The van der Waals surface area contributed by atoms with Crippen molar-refractivity contribution in [2.75, 3.05) is 13.7 Å². The summed E-state index contributed by atoms with van der Waals surface area (Å²) in [5, 5.41) is 20.4.